The Hall–Kier alpha value is -3.13. The average molecular weight is 395 g/mol. The molecule has 4 rings (SSSR count). The number of aliphatic carboxylic acids is 1. The number of methoxy groups -OCH3 is 1. The molecule has 8 heteroatoms. The maximum atomic E-state index is 10.8. The van der Waals surface area contributed by atoms with E-state index in [2.05, 4.69) is 19.5 Å². The van der Waals surface area contributed by atoms with Crippen molar-refractivity contribution >= 4 is 5.97 Å². The highest BCUT2D eigenvalue weighted by Gasteiger charge is 2.19. The van der Waals surface area contributed by atoms with Gasteiger partial charge < -0.3 is 14.4 Å². The summed E-state index contributed by atoms with van der Waals surface area (Å²) in [6.45, 7) is 3.32. The molecule has 3 heterocycles. The van der Waals surface area contributed by atoms with Crippen molar-refractivity contribution in [2.75, 3.05) is 13.7 Å². The maximum Gasteiger partial charge on any atom is 0.303 e. The standard InChI is InChI=1S/C21H25N5O3/c1-29-19-6-4-17(5-7-19)25-12-9-22-20(25)15-24-10-2-11-26-18(14-24)13-16(23-26)3-8-21(27)28/h4-7,9,12-13H,2-3,8,10-11,14-15H2,1H3,(H,27,28). The van der Waals surface area contributed by atoms with Crippen LogP contribution in [0.4, 0.5) is 0 Å². The molecule has 0 atom stereocenters. The lowest BCUT2D eigenvalue weighted by Crippen LogP contribution is -2.24. The number of nitrogens with zero attached hydrogens (tertiary/aromatic N) is 5. The van der Waals surface area contributed by atoms with E-state index in [4.69, 9.17) is 9.84 Å². The number of imidazole rings is 1. The maximum absolute atomic E-state index is 10.8. The number of aromatic nitrogens is 4. The first kappa shape index (κ1) is 19.2. The average Bonchev–Trinajstić information content (AvgIpc) is 3.29. The Morgan fingerprint density at radius 2 is 2.07 bits per heavy atom. The normalized spacial score (nSPS) is 14.4. The van der Waals surface area contributed by atoms with Crippen molar-refractivity contribution < 1.29 is 14.6 Å². The van der Waals surface area contributed by atoms with Gasteiger partial charge in [-0.05, 0) is 36.8 Å². The van der Waals surface area contributed by atoms with Crippen LogP contribution in [-0.2, 0) is 30.8 Å². The van der Waals surface area contributed by atoms with E-state index in [0.29, 0.717) is 6.42 Å². The minimum absolute atomic E-state index is 0.111. The Balaban J connectivity index is 1.48. The summed E-state index contributed by atoms with van der Waals surface area (Å²) in [6, 6.07) is 9.98. The van der Waals surface area contributed by atoms with Gasteiger partial charge in [-0.3, -0.25) is 14.4 Å². The molecule has 0 aliphatic carbocycles. The third-order valence-electron chi connectivity index (χ3n) is 5.17. The Bertz CT molecular complexity index is 977. The summed E-state index contributed by atoms with van der Waals surface area (Å²) in [7, 11) is 1.66. The Kier molecular flexibility index (Phi) is 5.62. The Morgan fingerprint density at radius 1 is 1.24 bits per heavy atom. The van der Waals surface area contributed by atoms with Crippen molar-refractivity contribution in [1.82, 2.24) is 24.2 Å². The lowest BCUT2D eigenvalue weighted by Gasteiger charge is -2.20. The first-order valence-corrected chi connectivity index (χ1v) is 9.79. The van der Waals surface area contributed by atoms with E-state index in [-0.39, 0.29) is 6.42 Å². The summed E-state index contributed by atoms with van der Waals surface area (Å²) in [4.78, 5) is 17.8. The molecule has 1 N–H and O–H groups in total. The number of hydrogen-bond acceptors (Lipinski definition) is 5. The topological polar surface area (TPSA) is 85.4 Å². The fraction of sp³-hybridized carbons (Fsp3) is 0.381. The molecule has 1 aliphatic rings. The molecule has 0 fully saturated rings. The number of rotatable bonds is 7. The number of hydrogen-bond donors (Lipinski definition) is 1. The minimum Gasteiger partial charge on any atom is -0.497 e. The van der Waals surface area contributed by atoms with E-state index in [1.807, 2.05) is 47.4 Å². The molecule has 0 amide bonds. The van der Waals surface area contributed by atoms with Crippen LogP contribution >= 0.6 is 0 Å². The number of carboxylic acids is 1. The quantitative estimate of drug-likeness (QED) is 0.662. The van der Waals surface area contributed by atoms with Gasteiger partial charge in [0.1, 0.15) is 11.6 Å². The van der Waals surface area contributed by atoms with Crippen LogP contribution in [0.2, 0.25) is 0 Å². The summed E-state index contributed by atoms with van der Waals surface area (Å²) >= 11 is 0. The van der Waals surface area contributed by atoms with Gasteiger partial charge in [-0.25, -0.2) is 4.98 Å². The molecule has 3 aromatic rings. The lowest BCUT2D eigenvalue weighted by atomic mass is 10.2. The van der Waals surface area contributed by atoms with Crippen molar-refractivity contribution in [3.63, 3.8) is 0 Å². The molecular formula is C21H25N5O3. The first-order valence-electron chi connectivity index (χ1n) is 9.79. The molecule has 0 bridgehead atoms. The lowest BCUT2D eigenvalue weighted by molar-refractivity contribution is -0.136. The van der Waals surface area contributed by atoms with E-state index in [0.717, 1.165) is 61.2 Å². The van der Waals surface area contributed by atoms with Crippen LogP contribution in [0, 0.1) is 0 Å². The van der Waals surface area contributed by atoms with E-state index in [1.165, 1.54) is 0 Å². The molecule has 152 valence electrons. The minimum atomic E-state index is -0.791. The highest BCUT2D eigenvalue weighted by Crippen LogP contribution is 2.20. The molecule has 1 aromatic carbocycles. The number of carboxylic acid groups (broad SMARTS) is 1. The van der Waals surface area contributed by atoms with E-state index < -0.39 is 5.97 Å². The van der Waals surface area contributed by atoms with E-state index in [1.54, 1.807) is 7.11 Å². The second kappa shape index (κ2) is 8.48. The third-order valence-corrected chi connectivity index (χ3v) is 5.17. The molecule has 0 unspecified atom stereocenters. The third kappa shape index (κ3) is 4.48. The summed E-state index contributed by atoms with van der Waals surface area (Å²) in [5.41, 5.74) is 3.03. The van der Waals surface area contributed by atoms with Gasteiger partial charge in [0.15, 0.2) is 0 Å². The predicted molar refractivity (Wildman–Crippen MR) is 107 cm³/mol. The highest BCUT2D eigenvalue weighted by molar-refractivity contribution is 5.66. The Labute approximate surface area is 169 Å². The molecule has 0 spiro atoms. The summed E-state index contributed by atoms with van der Waals surface area (Å²) in [5.74, 6) is 1.02. The van der Waals surface area contributed by atoms with Crippen molar-refractivity contribution in [2.45, 2.75) is 38.9 Å². The van der Waals surface area contributed by atoms with Gasteiger partial charge >= 0.3 is 5.97 Å². The molecular weight excluding hydrogens is 370 g/mol. The molecule has 0 radical (unpaired) electrons. The zero-order chi connectivity index (χ0) is 20.2. The predicted octanol–water partition coefficient (Wildman–Crippen LogP) is 2.50. The Morgan fingerprint density at radius 3 is 2.83 bits per heavy atom. The van der Waals surface area contributed by atoms with Crippen LogP contribution in [0.3, 0.4) is 0 Å². The number of aryl methyl sites for hydroxylation is 2. The number of benzene rings is 1. The van der Waals surface area contributed by atoms with Crippen LogP contribution in [-0.4, -0.2) is 49.0 Å². The van der Waals surface area contributed by atoms with Crippen LogP contribution in [0.5, 0.6) is 5.75 Å². The van der Waals surface area contributed by atoms with Crippen molar-refractivity contribution in [3.05, 3.63) is 59.9 Å². The number of carbonyl (C=O) groups is 1. The summed E-state index contributed by atoms with van der Waals surface area (Å²) in [5, 5.41) is 13.5. The van der Waals surface area contributed by atoms with Crippen LogP contribution in [0.1, 0.15) is 30.1 Å². The second-order valence-electron chi connectivity index (χ2n) is 7.22. The monoisotopic (exact) mass is 395 g/mol. The van der Waals surface area contributed by atoms with Gasteiger partial charge in [-0.1, -0.05) is 0 Å². The molecule has 1 aliphatic heterocycles. The second-order valence-corrected chi connectivity index (χ2v) is 7.22. The van der Waals surface area contributed by atoms with Gasteiger partial charge in [0.25, 0.3) is 0 Å². The van der Waals surface area contributed by atoms with Crippen molar-refractivity contribution in [3.8, 4) is 11.4 Å². The van der Waals surface area contributed by atoms with Crippen LogP contribution in [0.25, 0.3) is 5.69 Å². The van der Waals surface area contributed by atoms with Crippen LogP contribution in [0.15, 0.2) is 42.7 Å². The molecule has 2 aromatic heterocycles. The zero-order valence-electron chi connectivity index (χ0n) is 16.5. The van der Waals surface area contributed by atoms with Gasteiger partial charge in [0.05, 0.1) is 31.5 Å². The molecule has 8 nitrogen and oxygen atoms in total. The van der Waals surface area contributed by atoms with E-state index >= 15 is 0 Å². The molecule has 29 heavy (non-hydrogen) atoms. The number of fused-ring (bicyclic) bond motifs is 1. The zero-order valence-corrected chi connectivity index (χ0v) is 16.5. The SMILES string of the molecule is COc1ccc(-n2ccnc2CN2CCCn3nc(CCC(=O)O)cc3C2)cc1. The first-order chi connectivity index (χ1) is 14.1. The smallest absolute Gasteiger partial charge is 0.303 e. The highest BCUT2D eigenvalue weighted by atomic mass is 16.5. The number of ether oxygens (including phenoxy) is 1. The van der Waals surface area contributed by atoms with Gasteiger partial charge in [0.2, 0.25) is 0 Å². The van der Waals surface area contributed by atoms with Gasteiger partial charge in [-0.15, -0.1) is 0 Å². The van der Waals surface area contributed by atoms with Crippen LogP contribution < -0.4 is 4.74 Å². The molecule has 0 saturated heterocycles. The summed E-state index contributed by atoms with van der Waals surface area (Å²) in [6.07, 6.45) is 5.38. The van der Waals surface area contributed by atoms with E-state index in [9.17, 15) is 4.79 Å². The van der Waals surface area contributed by atoms with Gasteiger partial charge in [-0.2, -0.15) is 5.10 Å². The largest absolute Gasteiger partial charge is 0.497 e. The summed E-state index contributed by atoms with van der Waals surface area (Å²) < 4.78 is 9.36. The van der Waals surface area contributed by atoms with Crippen molar-refractivity contribution in [1.29, 1.82) is 0 Å². The fourth-order valence-corrected chi connectivity index (χ4v) is 3.71. The fourth-order valence-electron chi connectivity index (χ4n) is 3.71. The van der Waals surface area contributed by atoms with Crippen molar-refractivity contribution in [2.24, 2.45) is 0 Å². The molecule has 0 saturated carbocycles. The van der Waals surface area contributed by atoms with Gasteiger partial charge in [0, 0.05) is 44.1 Å².